The number of ether oxygens (including phenoxy) is 2. The summed E-state index contributed by atoms with van der Waals surface area (Å²) in [5.74, 6) is -0.355. The summed E-state index contributed by atoms with van der Waals surface area (Å²) >= 11 is 0. The van der Waals surface area contributed by atoms with E-state index in [1.807, 2.05) is 6.92 Å². The molecule has 0 aromatic rings. The van der Waals surface area contributed by atoms with Gasteiger partial charge in [-0.1, -0.05) is 13.3 Å². The molecule has 19 heavy (non-hydrogen) atoms. The molecular formula is C12H23NO6. The number of aliphatic hydroxyl groups is 3. The molecule has 0 unspecified atom stereocenters. The Morgan fingerprint density at radius 3 is 2.58 bits per heavy atom. The number of nitrogens with one attached hydrogen (secondary N) is 1. The summed E-state index contributed by atoms with van der Waals surface area (Å²) in [7, 11) is 0. The molecule has 1 saturated heterocycles. The second-order valence-corrected chi connectivity index (χ2v) is 4.66. The maximum absolute atomic E-state index is 11.1. The zero-order valence-electron chi connectivity index (χ0n) is 11.3. The summed E-state index contributed by atoms with van der Waals surface area (Å²) < 4.78 is 10.8. The normalized spacial score (nSPS) is 35.1. The Morgan fingerprint density at radius 2 is 2.05 bits per heavy atom. The molecule has 0 bridgehead atoms. The highest BCUT2D eigenvalue weighted by Gasteiger charge is 2.45. The van der Waals surface area contributed by atoms with E-state index in [1.54, 1.807) is 0 Å². The van der Waals surface area contributed by atoms with E-state index in [-0.39, 0.29) is 5.91 Å². The lowest BCUT2D eigenvalue weighted by molar-refractivity contribution is -0.270. The maximum Gasteiger partial charge on any atom is 0.217 e. The fourth-order valence-corrected chi connectivity index (χ4v) is 1.96. The third-order valence-electron chi connectivity index (χ3n) is 3.03. The molecular weight excluding hydrogens is 254 g/mol. The van der Waals surface area contributed by atoms with E-state index in [9.17, 15) is 15.0 Å². The van der Waals surface area contributed by atoms with Crippen LogP contribution in [0, 0.1) is 0 Å². The molecule has 0 aliphatic carbocycles. The van der Waals surface area contributed by atoms with Crippen LogP contribution in [-0.4, -0.2) is 65.1 Å². The van der Waals surface area contributed by atoms with Crippen LogP contribution in [0.1, 0.15) is 26.7 Å². The minimum absolute atomic E-state index is 0.355. The van der Waals surface area contributed by atoms with Gasteiger partial charge in [-0.3, -0.25) is 4.79 Å². The van der Waals surface area contributed by atoms with Crippen molar-refractivity contribution in [3.63, 3.8) is 0 Å². The van der Waals surface area contributed by atoms with Crippen molar-refractivity contribution < 1.29 is 29.6 Å². The molecule has 112 valence electrons. The molecule has 1 fully saturated rings. The van der Waals surface area contributed by atoms with Crippen molar-refractivity contribution in [2.24, 2.45) is 0 Å². The molecule has 1 aliphatic rings. The quantitative estimate of drug-likeness (QED) is 0.452. The number of carbonyl (C=O) groups is 1. The highest BCUT2D eigenvalue weighted by Crippen LogP contribution is 2.22. The highest BCUT2D eigenvalue weighted by molar-refractivity contribution is 5.73. The second kappa shape index (κ2) is 7.76. The van der Waals surface area contributed by atoms with Gasteiger partial charge in [-0.2, -0.15) is 0 Å². The predicted molar refractivity (Wildman–Crippen MR) is 66.2 cm³/mol. The van der Waals surface area contributed by atoms with Crippen molar-refractivity contribution in [1.29, 1.82) is 0 Å². The lowest BCUT2D eigenvalue weighted by atomic mass is 9.97. The van der Waals surface area contributed by atoms with Gasteiger partial charge in [0.15, 0.2) is 6.29 Å². The molecule has 0 aromatic heterocycles. The minimum atomic E-state index is -1.27. The SMILES string of the molecule is CCCCO[C@@H]1O[C@@H](CO)[C@@H](O)[C@@H](O)[C@@H]1NC(C)=O. The number of amides is 1. The summed E-state index contributed by atoms with van der Waals surface area (Å²) in [5.41, 5.74) is 0. The van der Waals surface area contributed by atoms with Gasteiger partial charge in [0.1, 0.15) is 24.4 Å². The van der Waals surface area contributed by atoms with Crippen molar-refractivity contribution in [3.8, 4) is 0 Å². The Bertz CT molecular complexity index is 287. The summed E-state index contributed by atoms with van der Waals surface area (Å²) in [6.45, 7) is 3.29. The first-order valence-electron chi connectivity index (χ1n) is 6.52. The molecule has 0 spiro atoms. The van der Waals surface area contributed by atoms with Crippen LogP contribution in [0.15, 0.2) is 0 Å². The van der Waals surface area contributed by atoms with E-state index in [1.165, 1.54) is 6.92 Å². The molecule has 1 aliphatic heterocycles. The third-order valence-corrected chi connectivity index (χ3v) is 3.03. The van der Waals surface area contributed by atoms with E-state index in [0.29, 0.717) is 6.61 Å². The second-order valence-electron chi connectivity index (χ2n) is 4.66. The molecule has 5 atom stereocenters. The van der Waals surface area contributed by atoms with Crippen molar-refractivity contribution in [3.05, 3.63) is 0 Å². The molecule has 0 aromatic carbocycles. The van der Waals surface area contributed by atoms with Crippen LogP contribution < -0.4 is 5.32 Å². The van der Waals surface area contributed by atoms with Gasteiger partial charge in [0, 0.05) is 13.5 Å². The Morgan fingerprint density at radius 1 is 1.37 bits per heavy atom. The fourth-order valence-electron chi connectivity index (χ4n) is 1.96. The lowest BCUT2D eigenvalue weighted by Gasteiger charge is -2.42. The summed E-state index contributed by atoms with van der Waals surface area (Å²) in [5, 5.41) is 31.3. The first-order chi connectivity index (χ1) is 9.01. The number of unbranched alkanes of at least 4 members (excludes halogenated alkanes) is 1. The van der Waals surface area contributed by atoms with E-state index < -0.39 is 37.3 Å². The first-order valence-corrected chi connectivity index (χ1v) is 6.52. The van der Waals surface area contributed by atoms with Gasteiger partial charge in [0.25, 0.3) is 0 Å². The highest BCUT2D eigenvalue weighted by atomic mass is 16.7. The van der Waals surface area contributed by atoms with Crippen LogP contribution in [0.5, 0.6) is 0 Å². The molecule has 7 heteroatoms. The Balaban J connectivity index is 2.71. The first kappa shape index (κ1) is 16.3. The minimum Gasteiger partial charge on any atom is -0.394 e. The van der Waals surface area contributed by atoms with E-state index in [2.05, 4.69) is 5.32 Å². The predicted octanol–water partition coefficient (Wildman–Crippen LogP) is -1.25. The smallest absolute Gasteiger partial charge is 0.217 e. The van der Waals surface area contributed by atoms with Gasteiger partial charge in [0.05, 0.1) is 6.61 Å². The Kier molecular flexibility index (Phi) is 6.67. The fraction of sp³-hybridized carbons (Fsp3) is 0.917. The number of hydrogen-bond acceptors (Lipinski definition) is 6. The third kappa shape index (κ3) is 4.39. The van der Waals surface area contributed by atoms with Crippen LogP contribution in [0.4, 0.5) is 0 Å². The van der Waals surface area contributed by atoms with Crippen molar-refractivity contribution >= 4 is 5.91 Å². The molecule has 4 N–H and O–H groups in total. The van der Waals surface area contributed by atoms with Gasteiger partial charge in [-0.25, -0.2) is 0 Å². The Labute approximate surface area is 112 Å². The average Bonchev–Trinajstić information content (AvgIpc) is 2.37. The molecule has 0 radical (unpaired) electrons. The molecule has 0 saturated carbocycles. The molecule has 1 amide bonds. The molecule has 7 nitrogen and oxygen atoms in total. The number of carbonyl (C=O) groups excluding carboxylic acids is 1. The van der Waals surface area contributed by atoms with Crippen molar-refractivity contribution in [2.45, 2.75) is 57.3 Å². The van der Waals surface area contributed by atoms with Gasteiger partial charge >= 0.3 is 0 Å². The topological polar surface area (TPSA) is 108 Å². The van der Waals surface area contributed by atoms with Gasteiger partial charge in [-0.05, 0) is 6.42 Å². The average molecular weight is 277 g/mol. The largest absolute Gasteiger partial charge is 0.394 e. The number of rotatable bonds is 6. The van der Waals surface area contributed by atoms with Crippen LogP contribution in [-0.2, 0) is 14.3 Å². The lowest BCUT2D eigenvalue weighted by Crippen LogP contribution is -2.64. The molecule has 1 rings (SSSR count). The van der Waals surface area contributed by atoms with E-state index >= 15 is 0 Å². The maximum atomic E-state index is 11.1. The van der Waals surface area contributed by atoms with Crippen LogP contribution >= 0.6 is 0 Å². The molecule has 1 heterocycles. The zero-order chi connectivity index (χ0) is 14.4. The van der Waals surface area contributed by atoms with Crippen molar-refractivity contribution in [1.82, 2.24) is 5.32 Å². The Hall–Kier alpha value is -0.730. The van der Waals surface area contributed by atoms with Crippen molar-refractivity contribution in [2.75, 3.05) is 13.2 Å². The van der Waals surface area contributed by atoms with E-state index in [4.69, 9.17) is 14.6 Å². The monoisotopic (exact) mass is 277 g/mol. The zero-order valence-corrected chi connectivity index (χ0v) is 11.3. The number of hydrogen-bond donors (Lipinski definition) is 4. The summed E-state index contributed by atoms with van der Waals surface area (Å²) in [6, 6.07) is -0.854. The van der Waals surface area contributed by atoms with Crippen LogP contribution in [0.3, 0.4) is 0 Å². The standard InChI is InChI=1S/C12H23NO6/c1-3-4-5-18-12-9(13-7(2)15)11(17)10(16)8(6-14)19-12/h8-12,14,16-17H,3-6H2,1-2H3,(H,13,15)/t8-,9-,10+,11-,12+/m0/s1. The van der Waals surface area contributed by atoms with Gasteiger partial charge < -0.3 is 30.1 Å². The van der Waals surface area contributed by atoms with Gasteiger partial charge in [0.2, 0.25) is 5.91 Å². The number of aliphatic hydroxyl groups excluding tert-OH is 3. The van der Waals surface area contributed by atoms with Crippen LogP contribution in [0.25, 0.3) is 0 Å². The van der Waals surface area contributed by atoms with Crippen LogP contribution in [0.2, 0.25) is 0 Å². The van der Waals surface area contributed by atoms with E-state index in [0.717, 1.165) is 12.8 Å². The summed E-state index contributed by atoms with van der Waals surface area (Å²) in [4.78, 5) is 11.1. The summed E-state index contributed by atoms with van der Waals surface area (Å²) in [6.07, 6.45) is -2.58. The van der Waals surface area contributed by atoms with Gasteiger partial charge in [-0.15, -0.1) is 0 Å².